The van der Waals surface area contributed by atoms with Gasteiger partial charge in [-0.1, -0.05) is 70.9 Å². The van der Waals surface area contributed by atoms with Crippen molar-refractivity contribution in [1.82, 2.24) is 4.98 Å². The molecule has 0 aliphatic rings. The van der Waals surface area contributed by atoms with Gasteiger partial charge in [0.05, 0.1) is 40.3 Å². The summed E-state index contributed by atoms with van der Waals surface area (Å²) < 4.78 is 5.07. The Kier molecular flexibility index (Phi) is 8.10. The van der Waals surface area contributed by atoms with E-state index in [2.05, 4.69) is 0 Å². The van der Waals surface area contributed by atoms with E-state index in [9.17, 15) is 9.90 Å². The molecule has 0 saturated heterocycles. The van der Waals surface area contributed by atoms with E-state index in [0.29, 0.717) is 40.6 Å². The van der Waals surface area contributed by atoms with E-state index in [1.54, 1.807) is 19.1 Å². The van der Waals surface area contributed by atoms with E-state index in [4.69, 9.17) is 32.9 Å². The SMILES string of the molecule is CCOC(=O)CCN(Cc1ccccc1)c1nc(-c2ccc(Cl)c(Cl)c2)c(CO)s1. The molecule has 0 radical (unpaired) electrons. The fourth-order valence-corrected chi connectivity index (χ4v) is 4.22. The van der Waals surface area contributed by atoms with Gasteiger partial charge in [-0.3, -0.25) is 4.79 Å². The number of anilines is 1. The second kappa shape index (κ2) is 10.8. The number of carbonyl (C=O) groups is 1. The lowest BCUT2D eigenvalue weighted by Crippen LogP contribution is -2.26. The van der Waals surface area contributed by atoms with Crippen molar-refractivity contribution in [3.05, 3.63) is 69.0 Å². The molecular weight excluding hydrogens is 443 g/mol. The van der Waals surface area contributed by atoms with Crippen LogP contribution in [0.5, 0.6) is 0 Å². The first kappa shape index (κ1) is 22.6. The van der Waals surface area contributed by atoms with E-state index in [0.717, 1.165) is 16.0 Å². The molecule has 158 valence electrons. The number of esters is 1. The molecule has 3 aromatic rings. The van der Waals surface area contributed by atoms with Crippen molar-refractivity contribution in [1.29, 1.82) is 0 Å². The molecule has 5 nitrogen and oxygen atoms in total. The molecule has 2 aromatic carbocycles. The molecule has 0 fully saturated rings. The highest BCUT2D eigenvalue weighted by Crippen LogP contribution is 2.36. The summed E-state index contributed by atoms with van der Waals surface area (Å²) in [6, 6.07) is 15.2. The van der Waals surface area contributed by atoms with Gasteiger partial charge >= 0.3 is 5.97 Å². The van der Waals surface area contributed by atoms with Crippen LogP contribution in [0.15, 0.2) is 48.5 Å². The Labute approximate surface area is 189 Å². The highest BCUT2D eigenvalue weighted by molar-refractivity contribution is 7.16. The zero-order valence-electron chi connectivity index (χ0n) is 16.5. The molecule has 1 N–H and O–H groups in total. The number of carbonyl (C=O) groups excluding carboxylic acids is 1. The zero-order chi connectivity index (χ0) is 21.5. The van der Waals surface area contributed by atoms with Crippen LogP contribution in [-0.2, 0) is 22.7 Å². The normalized spacial score (nSPS) is 10.8. The number of nitrogens with zero attached hydrogens (tertiary/aromatic N) is 2. The van der Waals surface area contributed by atoms with Crippen LogP contribution in [0.4, 0.5) is 5.13 Å². The Hall–Kier alpha value is -2.12. The van der Waals surface area contributed by atoms with Gasteiger partial charge in [0.2, 0.25) is 0 Å². The first-order valence-corrected chi connectivity index (χ1v) is 11.1. The minimum Gasteiger partial charge on any atom is -0.466 e. The van der Waals surface area contributed by atoms with Gasteiger partial charge in [-0.15, -0.1) is 0 Å². The Bertz CT molecular complexity index is 995. The topological polar surface area (TPSA) is 62.7 Å². The summed E-state index contributed by atoms with van der Waals surface area (Å²) in [4.78, 5) is 19.4. The van der Waals surface area contributed by atoms with Gasteiger partial charge in [0.25, 0.3) is 0 Å². The van der Waals surface area contributed by atoms with Gasteiger partial charge in [0, 0.05) is 18.7 Å². The maximum Gasteiger partial charge on any atom is 0.307 e. The van der Waals surface area contributed by atoms with E-state index in [-0.39, 0.29) is 19.0 Å². The highest BCUT2D eigenvalue weighted by atomic mass is 35.5. The summed E-state index contributed by atoms with van der Waals surface area (Å²) in [7, 11) is 0. The fourth-order valence-electron chi connectivity index (χ4n) is 2.96. The minimum atomic E-state index is -0.251. The second-order valence-electron chi connectivity index (χ2n) is 6.52. The average molecular weight is 465 g/mol. The highest BCUT2D eigenvalue weighted by Gasteiger charge is 2.19. The van der Waals surface area contributed by atoms with Gasteiger partial charge in [0.15, 0.2) is 5.13 Å². The Morgan fingerprint density at radius 2 is 1.93 bits per heavy atom. The van der Waals surface area contributed by atoms with Crippen molar-refractivity contribution in [2.45, 2.75) is 26.5 Å². The summed E-state index contributed by atoms with van der Waals surface area (Å²) >= 11 is 13.6. The molecule has 0 aliphatic heterocycles. The Balaban J connectivity index is 1.92. The van der Waals surface area contributed by atoms with Crippen molar-refractivity contribution < 1.29 is 14.6 Å². The number of rotatable bonds is 9. The molecule has 0 unspecified atom stereocenters. The fraction of sp³-hybridized carbons (Fsp3) is 0.273. The molecule has 0 saturated carbocycles. The van der Waals surface area contributed by atoms with Crippen molar-refractivity contribution >= 4 is 45.6 Å². The van der Waals surface area contributed by atoms with Crippen LogP contribution in [0.1, 0.15) is 23.8 Å². The molecule has 0 amide bonds. The molecule has 1 aromatic heterocycles. The molecular formula is C22H22Cl2N2O3S. The molecule has 3 rings (SSSR count). The van der Waals surface area contributed by atoms with Crippen LogP contribution < -0.4 is 4.90 Å². The van der Waals surface area contributed by atoms with Crippen molar-refractivity contribution in [2.24, 2.45) is 0 Å². The molecule has 0 aliphatic carbocycles. The summed E-state index contributed by atoms with van der Waals surface area (Å²) in [5, 5.41) is 11.5. The van der Waals surface area contributed by atoms with Crippen LogP contribution in [0.3, 0.4) is 0 Å². The number of hydrogen-bond acceptors (Lipinski definition) is 6. The zero-order valence-corrected chi connectivity index (χ0v) is 18.8. The maximum absolute atomic E-state index is 11.9. The van der Waals surface area contributed by atoms with E-state index in [1.165, 1.54) is 11.3 Å². The van der Waals surface area contributed by atoms with Gasteiger partial charge in [-0.2, -0.15) is 0 Å². The molecule has 8 heteroatoms. The third kappa shape index (κ3) is 5.73. The van der Waals surface area contributed by atoms with Crippen LogP contribution >= 0.6 is 34.5 Å². The number of aliphatic hydroxyl groups is 1. The van der Waals surface area contributed by atoms with Crippen molar-refractivity contribution in [3.8, 4) is 11.3 Å². The molecule has 0 atom stereocenters. The third-order valence-corrected chi connectivity index (χ3v) is 6.24. The smallest absolute Gasteiger partial charge is 0.307 e. The maximum atomic E-state index is 11.9. The number of aromatic nitrogens is 1. The van der Waals surface area contributed by atoms with Gasteiger partial charge in [-0.25, -0.2) is 4.98 Å². The van der Waals surface area contributed by atoms with E-state index >= 15 is 0 Å². The predicted octanol–water partition coefficient (Wildman–Crippen LogP) is 5.57. The summed E-state index contributed by atoms with van der Waals surface area (Å²) in [5.41, 5.74) is 2.53. The molecule has 0 bridgehead atoms. The average Bonchev–Trinajstić information content (AvgIpc) is 3.18. The molecule has 0 spiro atoms. The largest absolute Gasteiger partial charge is 0.466 e. The second-order valence-corrected chi connectivity index (χ2v) is 8.39. The third-order valence-electron chi connectivity index (χ3n) is 4.40. The van der Waals surface area contributed by atoms with Crippen LogP contribution in [0.25, 0.3) is 11.3 Å². The quantitative estimate of drug-likeness (QED) is 0.419. The van der Waals surface area contributed by atoms with Crippen LogP contribution in [0.2, 0.25) is 10.0 Å². The first-order valence-electron chi connectivity index (χ1n) is 9.52. The number of thiazole rings is 1. The lowest BCUT2D eigenvalue weighted by Gasteiger charge is -2.21. The van der Waals surface area contributed by atoms with Crippen LogP contribution in [0, 0.1) is 0 Å². The monoisotopic (exact) mass is 464 g/mol. The Morgan fingerprint density at radius 3 is 2.60 bits per heavy atom. The number of aliphatic hydroxyl groups excluding tert-OH is 1. The van der Waals surface area contributed by atoms with Gasteiger partial charge in [0.1, 0.15) is 0 Å². The first-order chi connectivity index (χ1) is 14.5. The van der Waals surface area contributed by atoms with Crippen LogP contribution in [-0.4, -0.2) is 29.2 Å². The Morgan fingerprint density at radius 1 is 1.17 bits per heavy atom. The molecule has 30 heavy (non-hydrogen) atoms. The van der Waals surface area contributed by atoms with Crippen molar-refractivity contribution in [3.63, 3.8) is 0 Å². The lowest BCUT2D eigenvalue weighted by molar-refractivity contribution is -0.142. The van der Waals surface area contributed by atoms with E-state index in [1.807, 2.05) is 41.3 Å². The van der Waals surface area contributed by atoms with Gasteiger partial charge in [-0.05, 0) is 24.6 Å². The van der Waals surface area contributed by atoms with E-state index < -0.39 is 0 Å². The predicted molar refractivity (Wildman–Crippen MR) is 122 cm³/mol. The number of benzene rings is 2. The summed E-state index contributed by atoms with van der Waals surface area (Å²) in [6.45, 7) is 3.03. The summed E-state index contributed by atoms with van der Waals surface area (Å²) in [5.74, 6) is -0.251. The van der Waals surface area contributed by atoms with Gasteiger partial charge < -0.3 is 14.7 Å². The minimum absolute atomic E-state index is 0.149. The summed E-state index contributed by atoms with van der Waals surface area (Å²) in [6.07, 6.45) is 0.247. The number of hydrogen-bond donors (Lipinski definition) is 1. The number of ether oxygens (including phenoxy) is 1. The number of halogens is 2. The standard InChI is InChI=1S/C22H22Cl2N2O3S/c1-2-29-20(28)10-11-26(13-15-6-4-3-5-7-15)22-25-21(19(14-27)30-22)16-8-9-17(23)18(24)12-16/h3-9,12,27H,2,10-11,13-14H2,1H3. The van der Waals surface area contributed by atoms with Crippen molar-refractivity contribution in [2.75, 3.05) is 18.1 Å². The molecule has 1 heterocycles. The lowest BCUT2D eigenvalue weighted by atomic mass is 10.1.